The molecule has 1 aromatic rings. The number of anilines is 2. The van der Waals surface area contributed by atoms with Gasteiger partial charge in [0.15, 0.2) is 0 Å². The van der Waals surface area contributed by atoms with Crippen molar-refractivity contribution in [1.82, 2.24) is 0 Å². The maximum absolute atomic E-state index is 12.4. The van der Waals surface area contributed by atoms with Crippen molar-refractivity contribution in [2.75, 3.05) is 23.4 Å². The molecule has 0 saturated carbocycles. The molecule has 1 fully saturated rings. The number of hydrogen-bond donors (Lipinski definition) is 1. The molecule has 5 nitrogen and oxygen atoms in total. The maximum Gasteiger partial charge on any atom is 0.244 e. The van der Waals surface area contributed by atoms with Crippen molar-refractivity contribution in [3.05, 3.63) is 24.3 Å². The standard InChI is InChI=1S/C15H18N2O3/c18-14-10-17(13-7-2-1-6-12(13)16-14)15(19)9-11-5-3-4-8-20-11/h1-2,6-7,11H,3-5,8-10H2,(H,16,18). The van der Waals surface area contributed by atoms with Crippen molar-refractivity contribution in [3.63, 3.8) is 0 Å². The third-order valence-electron chi connectivity index (χ3n) is 3.75. The Labute approximate surface area is 117 Å². The largest absolute Gasteiger partial charge is 0.378 e. The zero-order valence-electron chi connectivity index (χ0n) is 11.3. The topological polar surface area (TPSA) is 58.6 Å². The lowest BCUT2D eigenvalue weighted by Gasteiger charge is -2.31. The Hall–Kier alpha value is -1.88. The lowest BCUT2D eigenvalue weighted by atomic mass is 10.0. The fraction of sp³-hybridized carbons (Fsp3) is 0.467. The first-order valence-corrected chi connectivity index (χ1v) is 7.05. The first kappa shape index (κ1) is 13.1. The number of fused-ring (bicyclic) bond motifs is 1. The smallest absolute Gasteiger partial charge is 0.244 e. The van der Waals surface area contributed by atoms with E-state index in [-0.39, 0.29) is 24.5 Å². The van der Waals surface area contributed by atoms with Crippen molar-refractivity contribution in [2.45, 2.75) is 31.8 Å². The van der Waals surface area contributed by atoms with E-state index in [1.54, 1.807) is 4.90 Å². The lowest BCUT2D eigenvalue weighted by Crippen LogP contribution is -2.43. The van der Waals surface area contributed by atoms with Crippen molar-refractivity contribution in [2.24, 2.45) is 0 Å². The van der Waals surface area contributed by atoms with E-state index in [1.807, 2.05) is 24.3 Å². The summed E-state index contributed by atoms with van der Waals surface area (Å²) in [5.74, 6) is -0.194. The highest BCUT2D eigenvalue weighted by atomic mass is 16.5. The fourth-order valence-electron chi connectivity index (χ4n) is 2.73. The van der Waals surface area contributed by atoms with Crippen molar-refractivity contribution >= 4 is 23.2 Å². The van der Waals surface area contributed by atoms with Crippen LogP contribution < -0.4 is 10.2 Å². The average Bonchev–Trinajstić information content (AvgIpc) is 2.47. The molecule has 1 saturated heterocycles. The number of hydrogen-bond acceptors (Lipinski definition) is 3. The number of nitrogens with zero attached hydrogens (tertiary/aromatic N) is 1. The van der Waals surface area contributed by atoms with E-state index in [0.717, 1.165) is 31.6 Å². The van der Waals surface area contributed by atoms with Gasteiger partial charge in [-0.2, -0.15) is 0 Å². The summed E-state index contributed by atoms with van der Waals surface area (Å²) in [7, 11) is 0. The summed E-state index contributed by atoms with van der Waals surface area (Å²) in [6.45, 7) is 0.817. The molecule has 3 rings (SSSR count). The summed E-state index contributed by atoms with van der Waals surface area (Å²) >= 11 is 0. The van der Waals surface area contributed by atoms with Crippen LogP contribution in [-0.4, -0.2) is 31.1 Å². The lowest BCUT2D eigenvalue weighted by molar-refractivity contribution is -0.124. The molecule has 1 aromatic carbocycles. The molecule has 2 heterocycles. The van der Waals surface area contributed by atoms with Gasteiger partial charge in [0.1, 0.15) is 6.54 Å². The van der Waals surface area contributed by atoms with Gasteiger partial charge in [0.2, 0.25) is 11.8 Å². The van der Waals surface area contributed by atoms with Crippen LogP contribution >= 0.6 is 0 Å². The van der Waals surface area contributed by atoms with Crippen molar-refractivity contribution in [1.29, 1.82) is 0 Å². The first-order chi connectivity index (χ1) is 9.74. The molecule has 2 aliphatic rings. The highest BCUT2D eigenvalue weighted by Crippen LogP contribution is 2.30. The first-order valence-electron chi connectivity index (χ1n) is 7.05. The van der Waals surface area contributed by atoms with Gasteiger partial charge in [-0.15, -0.1) is 0 Å². The van der Waals surface area contributed by atoms with Gasteiger partial charge in [-0.05, 0) is 31.4 Å². The number of nitrogens with one attached hydrogen (secondary N) is 1. The number of ether oxygens (including phenoxy) is 1. The molecule has 1 unspecified atom stereocenters. The SMILES string of the molecule is O=C1CN(C(=O)CC2CCCCO2)c2ccccc2N1. The summed E-state index contributed by atoms with van der Waals surface area (Å²) in [5.41, 5.74) is 1.47. The van der Waals surface area contributed by atoms with Crippen LogP contribution in [0.2, 0.25) is 0 Å². The normalized spacial score (nSPS) is 22.1. The van der Waals surface area contributed by atoms with E-state index >= 15 is 0 Å². The Morgan fingerprint density at radius 2 is 2.20 bits per heavy atom. The third-order valence-corrected chi connectivity index (χ3v) is 3.75. The molecule has 0 bridgehead atoms. The molecule has 0 spiro atoms. The fourth-order valence-corrected chi connectivity index (χ4v) is 2.73. The number of benzene rings is 1. The van der Waals surface area contributed by atoms with E-state index in [9.17, 15) is 9.59 Å². The van der Waals surface area contributed by atoms with Crippen LogP contribution in [-0.2, 0) is 14.3 Å². The van der Waals surface area contributed by atoms with Gasteiger partial charge >= 0.3 is 0 Å². The molecule has 1 N–H and O–H groups in total. The molecule has 106 valence electrons. The Morgan fingerprint density at radius 3 is 3.00 bits per heavy atom. The Balaban J connectivity index is 1.75. The molecular weight excluding hydrogens is 256 g/mol. The van der Waals surface area contributed by atoms with Gasteiger partial charge in [-0.25, -0.2) is 0 Å². The number of carbonyl (C=O) groups is 2. The molecule has 1 atom stereocenters. The number of amides is 2. The Kier molecular flexibility index (Phi) is 3.69. The third kappa shape index (κ3) is 2.67. The van der Waals surface area contributed by atoms with Crippen LogP contribution in [0.1, 0.15) is 25.7 Å². The predicted octanol–water partition coefficient (Wildman–Crippen LogP) is 1.93. The summed E-state index contributed by atoms with van der Waals surface area (Å²) in [4.78, 5) is 25.7. The second-order valence-corrected chi connectivity index (χ2v) is 5.24. The summed E-state index contributed by atoms with van der Waals surface area (Å²) in [6, 6.07) is 7.38. The molecule has 0 aliphatic carbocycles. The average molecular weight is 274 g/mol. The minimum atomic E-state index is -0.151. The second-order valence-electron chi connectivity index (χ2n) is 5.24. The van der Waals surface area contributed by atoms with Gasteiger partial charge in [-0.1, -0.05) is 12.1 Å². The highest BCUT2D eigenvalue weighted by molar-refractivity contribution is 6.09. The minimum Gasteiger partial charge on any atom is -0.378 e. The Bertz CT molecular complexity index is 524. The summed E-state index contributed by atoms with van der Waals surface area (Å²) in [5, 5.41) is 2.78. The monoisotopic (exact) mass is 274 g/mol. The van der Waals surface area contributed by atoms with Crippen molar-refractivity contribution in [3.8, 4) is 0 Å². The number of para-hydroxylation sites is 2. The van der Waals surface area contributed by atoms with Gasteiger partial charge in [0, 0.05) is 6.61 Å². The number of rotatable bonds is 2. The van der Waals surface area contributed by atoms with Crippen LogP contribution in [0.5, 0.6) is 0 Å². The van der Waals surface area contributed by atoms with Crippen molar-refractivity contribution < 1.29 is 14.3 Å². The van der Waals surface area contributed by atoms with Crippen LogP contribution in [0.15, 0.2) is 24.3 Å². The quantitative estimate of drug-likeness (QED) is 0.896. The van der Waals surface area contributed by atoms with Crippen LogP contribution in [0.25, 0.3) is 0 Å². The van der Waals surface area contributed by atoms with Gasteiger partial charge < -0.3 is 15.0 Å². The molecule has 0 radical (unpaired) electrons. The van der Waals surface area contributed by atoms with Crippen LogP contribution in [0.3, 0.4) is 0 Å². The van der Waals surface area contributed by atoms with Crippen LogP contribution in [0.4, 0.5) is 11.4 Å². The van der Waals surface area contributed by atoms with E-state index in [1.165, 1.54) is 0 Å². The van der Waals surface area contributed by atoms with Gasteiger partial charge in [0.25, 0.3) is 0 Å². The maximum atomic E-state index is 12.4. The minimum absolute atomic E-state index is 0.00611. The van der Waals surface area contributed by atoms with E-state index in [2.05, 4.69) is 5.32 Å². The van der Waals surface area contributed by atoms with E-state index in [4.69, 9.17) is 4.74 Å². The van der Waals surface area contributed by atoms with Crippen LogP contribution in [0, 0.1) is 0 Å². The van der Waals surface area contributed by atoms with E-state index < -0.39 is 0 Å². The highest BCUT2D eigenvalue weighted by Gasteiger charge is 2.28. The molecule has 20 heavy (non-hydrogen) atoms. The molecule has 2 aliphatic heterocycles. The zero-order valence-corrected chi connectivity index (χ0v) is 11.3. The second kappa shape index (κ2) is 5.63. The summed E-state index contributed by atoms with van der Waals surface area (Å²) < 4.78 is 5.61. The van der Waals surface area contributed by atoms with Gasteiger partial charge in [0.05, 0.1) is 23.9 Å². The predicted molar refractivity (Wildman–Crippen MR) is 75.6 cm³/mol. The summed E-state index contributed by atoms with van der Waals surface area (Å²) in [6.07, 6.45) is 3.44. The molecule has 5 heteroatoms. The zero-order chi connectivity index (χ0) is 13.9. The molecule has 2 amide bonds. The van der Waals surface area contributed by atoms with E-state index in [0.29, 0.717) is 12.1 Å². The Morgan fingerprint density at radius 1 is 1.35 bits per heavy atom. The molecular formula is C15H18N2O3. The number of carbonyl (C=O) groups excluding carboxylic acids is 2. The van der Waals surface area contributed by atoms with Gasteiger partial charge in [-0.3, -0.25) is 9.59 Å². The molecule has 0 aromatic heterocycles.